The molecule has 0 atom stereocenters. The van der Waals surface area contributed by atoms with Crippen LogP contribution in [0.2, 0.25) is 0 Å². The molecule has 4 nitrogen and oxygen atoms in total. The van der Waals surface area contributed by atoms with Gasteiger partial charge in [-0.2, -0.15) is 0 Å². The first-order chi connectivity index (χ1) is 11.2. The number of guanidine groups is 1. The number of aryl methyl sites for hydroxylation is 1. The molecule has 1 saturated carbocycles. The summed E-state index contributed by atoms with van der Waals surface area (Å²) in [7, 11) is 2.25. The Morgan fingerprint density at radius 1 is 1.21 bits per heavy atom. The van der Waals surface area contributed by atoms with E-state index in [0.29, 0.717) is 5.96 Å². The molecular formula is C19H33IN4. The van der Waals surface area contributed by atoms with Gasteiger partial charge >= 0.3 is 0 Å². The number of nitrogens with two attached hydrogens (primary N) is 1. The molecule has 24 heavy (non-hydrogen) atoms. The first-order valence-electron chi connectivity index (χ1n) is 9.05. The molecular weight excluding hydrogens is 411 g/mol. The highest BCUT2D eigenvalue weighted by atomic mass is 127. The number of hydrogen-bond donors (Lipinski definition) is 2. The highest BCUT2D eigenvalue weighted by molar-refractivity contribution is 14.0. The Labute approximate surface area is 164 Å². The van der Waals surface area contributed by atoms with Gasteiger partial charge in [-0.15, -0.1) is 24.0 Å². The summed E-state index contributed by atoms with van der Waals surface area (Å²) in [4.78, 5) is 6.94. The van der Waals surface area contributed by atoms with Crippen LogP contribution in [0.1, 0.15) is 51.0 Å². The molecule has 1 fully saturated rings. The van der Waals surface area contributed by atoms with E-state index >= 15 is 0 Å². The van der Waals surface area contributed by atoms with Crippen LogP contribution < -0.4 is 11.1 Å². The third-order valence-corrected chi connectivity index (χ3v) is 4.78. The molecule has 136 valence electrons. The quantitative estimate of drug-likeness (QED) is 0.286. The smallest absolute Gasteiger partial charge is 0.193 e. The van der Waals surface area contributed by atoms with E-state index in [1.807, 2.05) is 0 Å². The lowest BCUT2D eigenvalue weighted by molar-refractivity contribution is 0.191. The zero-order valence-corrected chi connectivity index (χ0v) is 17.5. The van der Waals surface area contributed by atoms with Gasteiger partial charge in [0.15, 0.2) is 5.96 Å². The molecule has 1 aliphatic carbocycles. The third-order valence-electron chi connectivity index (χ3n) is 4.78. The summed E-state index contributed by atoms with van der Waals surface area (Å²) in [5.41, 5.74) is 8.29. The molecule has 0 bridgehead atoms. The van der Waals surface area contributed by atoms with Gasteiger partial charge in [-0.05, 0) is 57.0 Å². The Kier molecular flexibility index (Phi) is 10.3. The standard InChI is InChI=1S/C19H32N4.HI/c1-3-16-10-12-17(13-11-16)22-19(20)21-14-7-15-23(2)18-8-5-4-6-9-18;/h10-13,18H,3-9,14-15H2,1-2H3,(H3,20,21,22);1H. The van der Waals surface area contributed by atoms with E-state index in [1.54, 1.807) is 0 Å². The van der Waals surface area contributed by atoms with Crippen LogP contribution in [-0.4, -0.2) is 37.0 Å². The van der Waals surface area contributed by atoms with Crippen LogP contribution in [0.25, 0.3) is 0 Å². The highest BCUT2D eigenvalue weighted by Gasteiger charge is 2.17. The van der Waals surface area contributed by atoms with Crippen LogP contribution in [0, 0.1) is 0 Å². The van der Waals surface area contributed by atoms with Gasteiger partial charge in [0.25, 0.3) is 0 Å². The molecule has 0 radical (unpaired) electrons. The maximum atomic E-state index is 5.96. The topological polar surface area (TPSA) is 53.6 Å². The predicted molar refractivity (Wildman–Crippen MR) is 115 cm³/mol. The van der Waals surface area contributed by atoms with Crippen molar-refractivity contribution < 1.29 is 0 Å². The minimum Gasteiger partial charge on any atom is -0.370 e. The number of aliphatic imine (C=N–C) groups is 1. The first-order valence-corrected chi connectivity index (χ1v) is 9.05. The Morgan fingerprint density at radius 2 is 1.88 bits per heavy atom. The van der Waals surface area contributed by atoms with Gasteiger partial charge in [0.1, 0.15) is 0 Å². The Bertz CT molecular complexity index is 481. The molecule has 0 unspecified atom stereocenters. The van der Waals surface area contributed by atoms with E-state index in [0.717, 1.165) is 37.7 Å². The van der Waals surface area contributed by atoms with Gasteiger partial charge in [-0.25, -0.2) is 0 Å². The van der Waals surface area contributed by atoms with Gasteiger partial charge in [0.2, 0.25) is 0 Å². The highest BCUT2D eigenvalue weighted by Crippen LogP contribution is 2.21. The fourth-order valence-electron chi connectivity index (χ4n) is 3.24. The van der Waals surface area contributed by atoms with E-state index in [-0.39, 0.29) is 24.0 Å². The van der Waals surface area contributed by atoms with Crippen molar-refractivity contribution in [3.8, 4) is 0 Å². The van der Waals surface area contributed by atoms with Crippen LogP contribution in [0.3, 0.4) is 0 Å². The van der Waals surface area contributed by atoms with Crippen molar-refractivity contribution in [2.24, 2.45) is 10.7 Å². The fraction of sp³-hybridized carbons (Fsp3) is 0.632. The van der Waals surface area contributed by atoms with E-state index < -0.39 is 0 Å². The molecule has 0 aromatic heterocycles. The van der Waals surface area contributed by atoms with Gasteiger partial charge in [-0.1, -0.05) is 38.3 Å². The van der Waals surface area contributed by atoms with E-state index in [4.69, 9.17) is 5.73 Å². The Hall–Kier alpha value is -0.820. The Balaban J connectivity index is 0.00000288. The number of nitrogens with zero attached hydrogens (tertiary/aromatic N) is 2. The lowest BCUT2D eigenvalue weighted by atomic mass is 9.94. The molecule has 1 aromatic carbocycles. The second kappa shape index (κ2) is 11.7. The monoisotopic (exact) mass is 444 g/mol. The molecule has 2 rings (SSSR count). The zero-order valence-electron chi connectivity index (χ0n) is 15.1. The molecule has 1 aliphatic rings. The molecule has 1 aromatic rings. The molecule has 0 amide bonds. The number of hydrogen-bond acceptors (Lipinski definition) is 2. The van der Waals surface area contributed by atoms with Crippen molar-refractivity contribution in [1.82, 2.24) is 4.90 Å². The number of anilines is 1. The van der Waals surface area contributed by atoms with Gasteiger partial charge < -0.3 is 16.0 Å². The lowest BCUT2D eigenvalue weighted by Gasteiger charge is -2.30. The van der Waals surface area contributed by atoms with Crippen LogP contribution in [0.4, 0.5) is 5.69 Å². The SMILES string of the molecule is CCc1ccc(NC(N)=NCCCN(C)C2CCCCC2)cc1.I. The van der Waals surface area contributed by atoms with E-state index in [2.05, 4.69) is 53.4 Å². The molecule has 3 N–H and O–H groups in total. The summed E-state index contributed by atoms with van der Waals surface area (Å²) >= 11 is 0. The second-order valence-corrected chi connectivity index (χ2v) is 6.57. The minimum absolute atomic E-state index is 0. The predicted octanol–water partition coefficient (Wildman–Crippen LogP) is 4.25. The third kappa shape index (κ3) is 7.38. The molecule has 0 aliphatic heterocycles. The summed E-state index contributed by atoms with van der Waals surface area (Å²) in [6.45, 7) is 4.04. The maximum absolute atomic E-state index is 5.96. The van der Waals surface area contributed by atoms with Crippen molar-refractivity contribution in [1.29, 1.82) is 0 Å². The normalized spacial score (nSPS) is 16.0. The van der Waals surface area contributed by atoms with Crippen LogP contribution in [-0.2, 0) is 6.42 Å². The van der Waals surface area contributed by atoms with Gasteiger partial charge in [0.05, 0.1) is 0 Å². The van der Waals surface area contributed by atoms with Crippen molar-refractivity contribution >= 4 is 35.6 Å². The maximum Gasteiger partial charge on any atom is 0.193 e. The summed E-state index contributed by atoms with van der Waals surface area (Å²) in [5.74, 6) is 0.509. The molecule has 0 spiro atoms. The van der Waals surface area contributed by atoms with Crippen LogP contribution >= 0.6 is 24.0 Å². The molecule has 5 heteroatoms. The van der Waals surface area contributed by atoms with Crippen molar-refractivity contribution in [3.63, 3.8) is 0 Å². The van der Waals surface area contributed by atoms with Crippen molar-refractivity contribution in [2.75, 3.05) is 25.5 Å². The number of benzene rings is 1. The van der Waals surface area contributed by atoms with E-state index in [1.165, 1.54) is 37.7 Å². The summed E-state index contributed by atoms with van der Waals surface area (Å²) in [6.07, 6.45) is 9.02. The fourth-order valence-corrected chi connectivity index (χ4v) is 3.24. The summed E-state index contributed by atoms with van der Waals surface area (Å²) in [6, 6.07) is 9.12. The Morgan fingerprint density at radius 3 is 2.50 bits per heavy atom. The van der Waals surface area contributed by atoms with Crippen LogP contribution in [0.15, 0.2) is 29.3 Å². The lowest BCUT2D eigenvalue weighted by Crippen LogP contribution is -2.34. The van der Waals surface area contributed by atoms with E-state index in [9.17, 15) is 0 Å². The molecule has 0 heterocycles. The van der Waals surface area contributed by atoms with Crippen molar-refractivity contribution in [3.05, 3.63) is 29.8 Å². The summed E-state index contributed by atoms with van der Waals surface area (Å²) in [5, 5.41) is 3.16. The molecule has 0 saturated heterocycles. The number of rotatable bonds is 7. The largest absolute Gasteiger partial charge is 0.370 e. The van der Waals surface area contributed by atoms with Gasteiger partial charge in [0, 0.05) is 18.3 Å². The number of nitrogens with one attached hydrogen (secondary N) is 1. The van der Waals surface area contributed by atoms with Crippen molar-refractivity contribution in [2.45, 2.75) is 57.9 Å². The van der Waals surface area contributed by atoms with Crippen LogP contribution in [0.5, 0.6) is 0 Å². The minimum atomic E-state index is 0. The van der Waals surface area contributed by atoms with Gasteiger partial charge in [-0.3, -0.25) is 4.99 Å². The average Bonchev–Trinajstić information content (AvgIpc) is 2.60. The second-order valence-electron chi connectivity index (χ2n) is 6.57. The zero-order chi connectivity index (χ0) is 16.5. The number of halogens is 1. The summed E-state index contributed by atoms with van der Waals surface area (Å²) < 4.78 is 0. The average molecular weight is 444 g/mol. The first kappa shape index (κ1) is 21.2.